The molecule has 1 fully saturated rings. The third-order valence-electron chi connectivity index (χ3n) is 3.82. The lowest BCUT2D eigenvalue weighted by Gasteiger charge is -2.27. The molecule has 0 aliphatic carbocycles. The summed E-state index contributed by atoms with van der Waals surface area (Å²) in [4.78, 5) is 23.2. The van der Waals surface area contributed by atoms with Crippen LogP contribution in [0, 0.1) is 5.82 Å². The Balaban J connectivity index is 1.70. The Labute approximate surface area is 143 Å². The van der Waals surface area contributed by atoms with Gasteiger partial charge in [-0.3, -0.25) is 4.98 Å². The Bertz CT molecular complexity index is 870. The van der Waals surface area contributed by atoms with Gasteiger partial charge in [0.2, 0.25) is 0 Å². The standard InChI is InChI=1S/C17H15FN6O/c18-12-11-21-16(23-17(12)24-7-9-25-10-8-24)15-20-6-4-14(22-15)13-3-1-2-5-19-13/h1-6,11H,7-10H2. The first-order valence-electron chi connectivity index (χ1n) is 7.91. The van der Waals surface area contributed by atoms with E-state index in [4.69, 9.17) is 4.74 Å². The summed E-state index contributed by atoms with van der Waals surface area (Å²) in [6, 6.07) is 7.34. The Morgan fingerprint density at radius 2 is 1.72 bits per heavy atom. The molecule has 0 aromatic carbocycles. The summed E-state index contributed by atoms with van der Waals surface area (Å²) in [5.41, 5.74) is 1.38. The number of pyridine rings is 1. The third-order valence-corrected chi connectivity index (χ3v) is 3.82. The molecule has 3 aromatic rings. The SMILES string of the molecule is Fc1cnc(-c2nccc(-c3ccccn3)n2)nc1N1CCOCC1. The van der Waals surface area contributed by atoms with Crippen molar-refractivity contribution >= 4 is 5.82 Å². The van der Waals surface area contributed by atoms with E-state index in [2.05, 4.69) is 24.9 Å². The van der Waals surface area contributed by atoms with Crippen LogP contribution in [0.15, 0.2) is 42.9 Å². The summed E-state index contributed by atoms with van der Waals surface area (Å²) in [7, 11) is 0. The quantitative estimate of drug-likeness (QED) is 0.722. The van der Waals surface area contributed by atoms with Crippen LogP contribution in [0.5, 0.6) is 0 Å². The molecular weight excluding hydrogens is 323 g/mol. The van der Waals surface area contributed by atoms with Gasteiger partial charge in [0.1, 0.15) is 0 Å². The molecule has 0 saturated carbocycles. The highest BCUT2D eigenvalue weighted by molar-refractivity contribution is 5.57. The van der Waals surface area contributed by atoms with Crippen LogP contribution < -0.4 is 4.90 Å². The molecule has 25 heavy (non-hydrogen) atoms. The van der Waals surface area contributed by atoms with E-state index >= 15 is 0 Å². The number of ether oxygens (including phenoxy) is 1. The summed E-state index contributed by atoms with van der Waals surface area (Å²) < 4.78 is 19.5. The monoisotopic (exact) mass is 338 g/mol. The number of aromatic nitrogens is 5. The van der Waals surface area contributed by atoms with Crippen LogP contribution in [-0.2, 0) is 4.74 Å². The molecule has 1 aliphatic rings. The largest absolute Gasteiger partial charge is 0.378 e. The smallest absolute Gasteiger partial charge is 0.199 e. The normalized spacial score (nSPS) is 14.5. The van der Waals surface area contributed by atoms with E-state index in [0.29, 0.717) is 37.8 Å². The van der Waals surface area contributed by atoms with Crippen molar-refractivity contribution in [2.75, 3.05) is 31.2 Å². The van der Waals surface area contributed by atoms with Crippen molar-refractivity contribution < 1.29 is 9.13 Å². The van der Waals surface area contributed by atoms with E-state index in [-0.39, 0.29) is 11.6 Å². The first kappa shape index (κ1) is 15.5. The lowest BCUT2D eigenvalue weighted by molar-refractivity contribution is 0.122. The Morgan fingerprint density at radius 1 is 0.880 bits per heavy atom. The molecule has 3 aromatic heterocycles. The topological polar surface area (TPSA) is 76.9 Å². The highest BCUT2D eigenvalue weighted by Crippen LogP contribution is 2.21. The Kier molecular flexibility index (Phi) is 4.26. The van der Waals surface area contributed by atoms with Gasteiger partial charge in [0.15, 0.2) is 23.3 Å². The second-order valence-electron chi connectivity index (χ2n) is 5.45. The molecule has 7 nitrogen and oxygen atoms in total. The van der Waals surface area contributed by atoms with E-state index in [9.17, 15) is 4.39 Å². The lowest BCUT2D eigenvalue weighted by Crippen LogP contribution is -2.37. The maximum absolute atomic E-state index is 14.2. The minimum absolute atomic E-state index is 0.250. The van der Waals surface area contributed by atoms with E-state index in [1.807, 2.05) is 23.1 Å². The van der Waals surface area contributed by atoms with Gasteiger partial charge in [0.25, 0.3) is 0 Å². The summed E-state index contributed by atoms with van der Waals surface area (Å²) in [5.74, 6) is 0.394. The van der Waals surface area contributed by atoms with Gasteiger partial charge in [-0.15, -0.1) is 0 Å². The molecule has 1 aliphatic heterocycles. The average molecular weight is 338 g/mol. The predicted octanol–water partition coefficient (Wildman–Crippen LogP) is 1.97. The second kappa shape index (κ2) is 6.86. The number of nitrogens with zero attached hydrogens (tertiary/aromatic N) is 6. The zero-order chi connectivity index (χ0) is 17.1. The first-order valence-corrected chi connectivity index (χ1v) is 7.91. The predicted molar refractivity (Wildman–Crippen MR) is 89.3 cm³/mol. The van der Waals surface area contributed by atoms with Gasteiger partial charge >= 0.3 is 0 Å². The van der Waals surface area contributed by atoms with Gasteiger partial charge in [0, 0.05) is 25.5 Å². The molecule has 0 spiro atoms. The summed E-state index contributed by atoms with van der Waals surface area (Å²) in [5, 5.41) is 0. The molecular formula is C17H15FN6O. The van der Waals surface area contributed by atoms with Crippen molar-refractivity contribution in [3.8, 4) is 23.0 Å². The van der Waals surface area contributed by atoms with Gasteiger partial charge in [-0.1, -0.05) is 6.07 Å². The highest BCUT2D eigenvalue weighted by atomic mass is 19.1. The van der Waals surface area contributed by atoms with Gasteiger partial charge in [-0.2, -0.15) is 0 Å². The van der Waals surface area contributed by atoms with E-state index in [1.54, 1.807) is 18.5 Å². The van der Waals surface area contributed by atoms with Crippen LogP contribution in [-0.4, -0.2) is 51.2 Å². The van der Waals surface area contributed by atoms with Crippen molar-refractivity contribution in [3.05, 3.63) is 48.7 Å². The van der Waals surface area contributed by atoms with Crippen molar-refractivity contribution in [1.82, 2.24) is 24.9 Å². The molecule has 0 atom stereocenters. The first-order chi connectivity index (χ1) is 12.3. The number of hydrogen-bond acceptors (Lipinski definition) is 7. The second-order valence-corrected chi connectivity index (χ2v) is 5.45. The third kappa shape index (κ3) is 3.29. The molecule has 0 unspecified atom stereocenters. The molecule has 4 heterocycles. The Hall–Kier alpha value is -3.00. The maximum atomic E-state index is 14.2. The minimum atomic E-state index is -0.466. The van der Waals surface area contributed by atoms with Crippen LogP contribution in [0.3, 0.4) is 0 Å². The number of morpholine rings is 1. The molecule has 4 rings (SSSR count). The molecule has 0 bridgehead atoms. The summed E-state index contributed by atoms with van der Waals surface area (Å²) in [6.45, 7) is 2.26. The molecule has 1 saturated heterocycles. The van der Waals surface area contributed by atoms with Crippen LogP contribution in [0.4, 0.5) is 10.2 Å². The molecule has 0 radical (unpaired) electrons. The zero-order valence-corrected chi connectivity index (χ0v) is 13.3. The van der Waals surface area contributed by atoms with Gasteiger partial charge < -0.3 is 9.64 Å². The lowest BCUT2D eigenvalue weighted by atomic mass is 10.2. The van der Waals surface area contributed by atoms with Crippen molar-refractivity contribution in [2.45, 2.75) is 0 Å². The van der Waals surface area contributed by atoms with E-state index in [1.165, 1.54) is 0 Å². The molecule has 0 amide bonds. The fourth-order valence-electron chi connectivity index (χ4n) is 2.59. The minimum Gasteiger partial charge on any atom is -0.378 e. The van der Waals surface area contributed by atoms with Crippen molar-refractivity contribution in [2.24, 2.45) is 0 Å². The molecule has 8 heteroatoms. The van der Waals surface area contributed by atoms with Gasteiger partial charge in [0.05, 0.1) is 30.8 Å². The number of rotatable bonds is 3. The maximum Gasteiger partial charge on any atom is 0.199 e. The van der Waals surface area contributed by atoms with Crippen molar-refractivity contribution in [3.63, 3.8) is 0 Å². The van der Waals surface area contributed by atoms with Crippen LogP contribution >= 0.6 is 0 Å². The van der Waals surface area contributed by atoms with E-state index < -0.39 is 5.82 Å². The summed E-state index contributed by atoms with van der Waals surface area (Å²) >= 11 is 0. The van der Waals surface area contributed by atoms with E-state index in [0.717, 1.165) is 11.9 Å². The highest BCUT2D eigenvalue weighted by Gasteiger charge is 2.19. The molecule has 126 valence electrons. The zero-order valence-electron chi connectivity index (χ0n) is 13.3. The fraction of sp³-hybridized carbons (Fsp3) is 0.235. The number of anilines is 1. The van der Waals surface area contributed by atoms with Crippen LogP contribution in [0.2, 0.25) is 0 Å². The van der Waals surface area contributed by atoms with Crippen LogP contribution in [0.1, 0.15) is 0 Å². The van der Waals surface area contributed by atoms with Gasteiger partial charge in [-0.25, -0.2) is 24.3 Å². The fourth-order valence-corrected chi connectivity index (χ4v) is 2.59. The number of halogens is 1. The number of hydrogen-bond donors (Lipinski definition) is 0. The molecule has 0 N–H and O–H groups in total. The van der Waals surface area contributed by atoms with Crippen molar-refractivity contribution in [1.29, 1.82) is 0 Å². The summed E-state index contributed by atoms with van der Waals surface area (Å²) in [6.07, 6.45) is 4.47. The van der Waals surface area contributed by atoms with Crippen LogP contribution in [0.25, 0.3) is 23.0 Å². The average Bonchev–Trinajstić information content (AvgIpc) is 2.70. The Morgan fingerprint density at radius 3 is 2.52 bits per heavy atom. The van der Waals surface area contributed by atoms with Gasteiger partial charge in [-0.05, 0) is 18.2 Å².